The van der Waals surface area contributed by atoms with Crippen molar-refractivity contribution in [2.75, 3.05) is 0 Å². The Morgan fingerprint density at radius 3 is 3.06 bits per heavy atom. The van der Waals surface area contributed by atoms with Crippen LogP contribution in [0.2, 0.25) is 5.15 Å². The molecular weight excluding hydrogens is 256 g/mol. The summed E-state index contributed by atoms with van der Waals surface area (Å²) < 4.78 is 2.67. The monoisotopic (exact) mass is 264 g/mol. The molecule has 4 nitrogen and oxygen atoms in total. The smallest absolute Gasteiger partial charge is 0.174 e. The van der Waals surface area contributed by atoms with Crippen molar-refractivity contribution in [2.24, 2.45) is 0 Å². The van der Waals surface area contributed by atoms with E-state index in [2.05, 4.69) is 15.0 Å². The van der Waals surface area contributed by atoms with Crippen molar-refractivity contribution in [1.29, 1.82) is 0 Å². The lowest BCUT2D eigenvalue weighted by atomic mass is 10.3. The molecule has 0 bridgehead atoms. The van der Waals surface area contributed by atoms with Crippen LogP contribution in [0.4, 0.5) is 0 Å². The van der Waals surface area contributed by atoms with E-state index in [0.717, 1.165) is 16.6 Å². The van der Waals surface area contributed by atoms with Crippen molar-refractivity contribution in [1.82, 2.24) is 19.5 Å². The molecule has 6 heteroatoms. The highest BCUT2D eigenvalue weighted by atomic mass is 35.5. The van der Waals surface area contributed by atoms with Crippen molar-refractivity contribution in [3.63, 3.8) is 0 Å². The second-order valence-electron chi connectivity index (χ2n) is 3.75. The van der Waals surface area contributed by atoms with Gasteiger partial charge in [0.05, 0.1) is 17.8 Å². The van der Waals surface area contributed by atoms with E-state index < -0.39 is 0 Å². The number of pyridine rings is 1. The third-order valence-electron chi connectivity index (χ3n) is 2.62. The van der Waals surface area contributed by atoms with Gasteiger partial charge >= 0.3 is 0 Å². The highest BCUT2D eigenvalue weighted by molar-refractivity contribution is 7.71. The Balaban J connectivity index is 2.09. The van der Waals surface area contributed by atoms with E-state index in [1.807, 2.05) is 29.1 Å². The van der Waals surface area contributed by atoms with Crippen LogP contribution < -0.4 is 0 Å². The zero-order valence-corrected chi connectivity index (χ0v) is 10.3. The molecule has 0 aromatic carbocycles. The predicted octanol–water partition coefficient (Wildman–Crippen LogP) is 3.12. The fourth-order valence-corrected chi connectivity index (χ4v) is 2.34. The second kappa shape index (κ2) is 4.01. The molecule has 0 fully saturated rings. The molecule has 0 aliphatic carbocycles. The second-order valence-corrected chi connectivity index (χ2v) is 4.52. The first-order valence-electron chi connectivity index (χ1n) is 5.10. The van der Waals surface area contributed by atoms with Crippen LogP contribution >= 0.6 is 23.8 Å². The van der Waals surface area contributed by atoms with E-state index in [1.54, 1.807) is 6.20 Å². The fourth-order valence-electron chi connectivity index (χ4n) is 1.88. The molecule has 0 aliphatic heterocycles. The molecule has 2 N–H and O–H groups in total. The molecule has 3 aromatic heterocycles. The molecule has 3 heterocycles. The van der Waals surface area contributed by atoms with Crippen LogP contribution in [-0.4, -0.2) is 19.5 Å². The number of rotatable bonds is 2. The lowest BCUT2D eigenvalue weighted by Crippen LogP contribution is -1.98. The Bertz CT molecular complexity index is 724. The van der Waals surface area contributed by atoms with Crippen molar-refractivity contribution >= 4 is 34.7 Å². The SMILES string of the molecule is S=c1[nH]cc(Cn2ccc3ccnc(Cl)c32)[nH]1. The number of fused-ring (bicyclic) bond motifs is 1. The maximum absolute atomic E-state index is 6.10. The largest absolute Gasteiger partial charge is 0.339 e. The molecule has 3 aromatic rings. The Kier molecular flexibility index (Phi) is 2.49. The zero-order chi connectivity index (χ0) is 11.8. The van der Waals surface area contributed by atoms with Gasteiger partial charge in [0.2, 0.25) is 0 Å². The average Bonchev–Trinajstić information content (AvgIpc) is 2.88. The van der Waals surface area contributed by atoms with Crippen molar-refractivity contribution < 1.29 is 0 Å². The van der Waals surface area contributed by atoms with E-state index >= 15 is 0 Å². The number of nitrogens with zero attached hydrogens (tertiary/aromatic N) is 2. The van der Waals surface area contributed by atoms with Gasteiger partial charge < -0.3 is 14.5 Å². The van der Waals surface area contributed by atoms with Gasteiger partial charge in [0.1, 0.15) is 0 Å². The standard InChI is InChI=1S/C11H9ClN4S/c12-10-9-7(1-3-13-10)2-4-16(9)6-8-5-14-11(17)15-8/h1-5H,6H2,(H2,14,15,17). The molecule has 86 valence electrons. The molecule has 0 amide bonds. The Morgan fingerprint density at radius 2 is 2.29 bits per heavy atom. The maximum atomic E-state index is 6.10. The normalized spacial score (nSPS) is 11.1. The summed E-state index contributed by atoms with van der Waals surface area (Å²) in [6.07, 6.45) is 5.55. The lowest BCUT2D eigenvalue weighted by Gasteiger charge is -2.04. The number of aromatic amines is 2. The molecule has 3 rings (SSSR count). The Labute approximate surface area is 107 Å². The third-order valence-corrected chi connectivity index (χ3v) is 3.12. The van der Waals surface area contributed by atoms with Crippen molar-refractivity contribution in [2.45, 2.75) is 6.54 Å². The summed E-state index contributed by atoms with van der Waals surface area (Å²) in [5, 5.41) is 1.60. The number of aromatic nitrogens is 4. The van der Waals surface area contributed by atoms with E-state index in [9.17, 15) is 0 Å². The number of hydrogen-bond donors (Lipinski definition) is 2. The highest BCUT2D eigenvalue weighted by Crippen LogP contribution is 2.22. The Hall–Kier alpha value is -1.59. The first kappa shape index (κ1) is 10.6. The Morgan fingerprint density at radius 1 is 1.41 bits per heavy atom. The summed E-state index contributed by atoms with van der Waals surface area (Å²) in [5.74, 6) is 0. The summed E-state index contributed by atoms with van der Waals surface area (Å²) in [4.78, 5) is 10.1. The minimum absolute atomic E-state index is 0.515. The molecule has 0 radical (unpaired) electrons. The molecular formula is C11H9ClN4S. The van der Waals surface area contributed by atoms with Gasteiger partial charge in [-0.15, -0.1) is 0 Å². The van der Waals surface area contributed by atoms with Gasteiger partial charge in [0.15, 0.2) is 9.92 Å². The topological polar surface area (TPSA) is 49.4 Å². The van der Waals surface area contributed by atoms with Gasteiger partial charge in [-0.05, 0) is 24.4 Å². The zero-order valence-electron chi connectivity index (χ0n) is 8.77. The summed E-state index contributed by atoms with van der Waals surface area (Å²) >= 11 is 11.1. The number of hydrogen-bond acceptors (Lipinski definition) is 2. The number of H-pyrrole nitrogens is 2. The highest BCUT2D eigenvalue weighted by Gasteiger charge is 2.06. The molecule has 0 spiro atoms. The van der Waals surface area contributed by atoms with Gasteiger partial charge in [0.25, 0.3) is 0 Å². The van der Waals surface area contributed by atoms with Crippen LogP contribution in [0.3, 0.4) is 0 Å². The minimum atomic E-state index is 0.515. The summed E-state index contributed by atoms with van der Waals surface area (Å²) in [6.45, 7) is 0.683. The number of halogens is 1. The van der Waals surface area contributed by atoms with E-state index in [4.69, 9.17) is 23.8 Å². The van der Waals surface area contributed by atoms with E-state index in [-0.39, 0.29) is 0 Å². The van der Waals surface area contributed by atoms with Gasteiger partial charge in [-0.2, -0.15) is 0 Å². The van der Waals surface area contributed by atoms with Crippen LogP contribution in [0.1, 0.15) is 5.69 Å². The summed E-state index contributed by atoms with van der Waals surface area (Å²) in [5.41, 5.74) is 1.95. The predicted molar refractivity (Wildman–Crippen MR) is 69.8 cm³/mol. The first-order chi connectivity index (χ1) is 8.24. The molecule has 0 saturated carbocycles. The quantitative estimate of drug-likeness (QED) is 0.552. The first-order valence-corrected chi connectivity index (χ1v) is 5.88. The average molecular weight is 265 g/mol. The van der Waals surface area contributed by atoms with Gasteiger partial charge in [-0.1, -0.05) is 11.6 Å². The number of nitrogens with one attached hydrogen (secondary N) is 2. The van der Waals surface area contributed by atoms with Crippen LogP contribution in [0.5, 0.6) is 0 Å². The van der Waals surface area contributed by atoms with Crippen molar-refractivity contribution in [3.05, 3.63) is 46.3 Å². The van der Waals surface area contributed by atoms with E-state index in [0.29, 0.717) is 16.5 Å². The molecule has 17 heavy (non-hydrogen) atoms. The molecule has 0 unspecified atom stereocenters. The van der Waals surface area contributed by atoms with Crippen LogP contribution in [0.25, 0.3) is 10.9 Å². The third kappa shape index (κ3) is 1.87. The van der Waals surface area contributed by atoms with Crippen LogP contribution in [-0.2, 0) is 6.54 Å². The maximum Gasteiger partial charge on any atom is 0.174 e. The van der Waals surface area contributed by atoms with Crippen LogP contribution in [0, 0.1) is 4.77 Å². The van der Waals surface area contributed by atoms with Gasteiger partial charge in [-0.25, -0.2) is 4.98 Å². The molecule has 0 saturated heterocycles. The van der Waals surface area contributed by atoms with Crippen molar-refractivity contribution in [3.8, 4) is 0 Å². The van der Waals surface area contributed by atoms with Crippen LogP contribution in [0.15, 0.2) is 30.7 Å². The van der Waals surface area contributed by atoms with Gasteiger partial charge in [-0.3, -0.25) is 0 Å². The summed E-state index contributed by atoms with van der Waals surface area (Å²) in [6, 6.07) is 3.96. The minimum Gasteiger partial charge on any atom is -0.339 e. The fraction of sp³-hybridized carbons (Fsp3) is 0.0909. The van der Waals surface area contributed by atoms with Gasteiger partial charge in [0, 0.05) is 24.0 Å². The molecule has 0 atom stereocenters. The number of imidazole rings is 1. The lowest BCUT2D eigenvalue weighted by molar-refractivity contribution is 0.812. The summed E-state index contributed by atoms with van der Waals surface area (Å²) in [7, 11) is 0. The molecule has 0 aliphatic rings. The van der Waals surface area contributed by atoms with E-state index in [1.165, 1.54) is 0 Å².